The number of rotatable bonds is 3. The van der Waals surface area contributed by atoms with Gasteiger partial charge in [-0.1, -0.05) is 0 Å². The first kappa shape index (κ1) is 6.63. The molecule has 0 heterocycles. The molecule has 0 N–H and O–H groups in total. The van der Waals surface area contributed by atoms with Gasteiger partial charge in [0.15, 0.2) is 0 Å². The Labute approximate surface area is 46.5 Å². The predicted octanol–water partition coefficient (Wildman–Crippen LogP) is 0.382. The molecular formula is C4H5ClO2. The van der Waals surface area contributed by atoms with Crippen LogP contribution in [-0.4, -0.2) is 17.9 Å². The van der Waals surface area contributed by atoms with Crippen LogP contribution >= 0.6 is 11.6 Å². The number of hydrogen-bond donors (Lipinski definition) is 0. The van der Waals surface area contributed by atoms with E-state index in [2.05, 4.69) is 0 Å². The van der Waals surface area contributed by atoms with Gasteiger partial charge in [0.2, 0.25) is 0 Å². The van der Waals surface area contributed by atoms with Gasteiger partial charge in [0, 0.05) is 6.42 Å². The van der Waals surface area contributed by atoms with Gasteiger partial charge in [0.25, 0.3) is 0 Å². The highest BCUT2D eigenvalue weighted by Crippen LogP contribution is 1.92. The van der Waals surface area contributed by atoms with Crippen molar-refractivity contribution in [2.75, 3.05) is 0 Å². The molecule has 0 aliphatic heterocycles. The van der Waals surface area contributed by atoms with Crippen molar-refractivity contribution in [2.45, 2.75) is 11.8 Å². The molecule has 0 saturated carbocycles. The predicted molar refractivity (Wildman–Crippen MR) is 26.4 cm³/mol. The molecule has 0 bridgehead atoms. The van der Waals surface area contributed by atoms with E-state index in [0.717, 1.165) is 0 Å². The van der Waals surface area contributed by atoms with Crippen LogP contribution in [0.2, 0.25) is 0 Å². The Morgan fingerprint density at radius 1 is 1.57 bits per heavy atom. The number of hydrogen-bond acceptors (Lipinski definition) is 2. The fourth-order valence-electron chi connectivity index (χ4n) is 0.147. The lowest BCUT2D eigenvalue weighted by atomic mass is 10.4. The number of aldehydes is 2. The number of halogens is 1. The van der Waals surface area contributed by atoms with Crippen LogP contribution in [-0.2, 0) is 9.59 Å². The van der Waals surface area contributed by atoms with Crippen LogP contribution < -0.4 is 0 Å². The highest BCUT2D eigenvalue weighted by molar-refractivity contribution is 6.28. The van der Waals surface area contributed by atoms with Gasteiger partial charge in [0.05, 0.1) is 5.38 Å². The standard InChI is InChI=1S/C4H5ClO2/c5-4(3-7)1-2-6/h2-4H,1H2/t4-/m0/s1. The van der Waals surface area contributed by atoms with Crippen LogP contribution in [0.4, 0.5) is 0 Å². The van der Waals surface area contributed by atoms with E-state index in [4.69, 9.17) is 11.6 Å². The van der Waals surface area contributed by atoms with E-state index >= 15 is 0 Å². The molecule has 0 aliphatic carbocycles. The molecule has 0 unspecified atom stereocenters. The third-order valence-corrected chi connectivity index (χ3v) is 0.750. The molecule has 0 aromatic rings. The zero-order chi connectivity index (χ0) is 5.70. The summed E-state index contributed by atoms with van der Waals surface area (Å²) in [6.45, 7) is 0. The second kappa shape index (κ2) is 3.81. The lowest BCUT2D eigenvalue weighted by Crippen LogP contribution is -1.98. The molecule has 7 heavy (non-hydrogen) atoms. The summed E-state index contributed by atoms with van der Waals surface area (Å²) in [5, 5.41) is -0.627. The minimum absolute atomic E-state index is 0.116. The molecule has 0 aromatic carbocycles. The zero-order valence-electron chi connectivity index (χ0n) is 3.63. The van der Waals surface area contributed by atoms with Crippen molar-refractivity contribution in [1.82, 2.24) is 0 Å². The van der Waals surface area contributed by atoms with Gasteiger partial charge in [-0.15, -0.1) is 11.6 Å². The second-order valence-electron chi connectivity index (χ2n) is 1.05. The van der Waals surface area contributed by atoms with Gasteiger partial charge >= 0.3 is 0 Å². The van der Waals surface area contributed by atoms with Crippen molar-refractivity contribution in [1.29, 1.82) is 0 Å². The zero-order valence-corrected chi connectivity index (χ0v) is 4.39. The quantitative estimate of drug-likeness (QED) is 0.399. The topological polar surface area (TPSA) is 34.1 Å². The Hall–Kier alpha value is -0.370. The first-order valence-corrected chi connectivity index (χ1v) is 2.28. The first-order valence-electron chi connectivity index (χ1n) is 1.84. The molecule has 0 saturated heterocycles. The first-order chi connectivity index (χ1) is 3.31. The van der Waals surface area contributed by atoms with Gasteiger partial charge in [-0.05, 0) is 0 Å². The minimum atomic E-state index is -0.627. The molecule has 0 radical (unpaired) electrons. The average molecular weight is 121 g/mol. The molecular weight excluding hydrogens is 115 g/mol. The van der Waals surface area contributed by atoms with E-state index in [9.17, 15) is 9.59 Å². The van der Waals surface area contributed by atoms with Gasteiger partial charge in [0.1, 0.15) is 12.6 Å². The third kappa shape index (κ3) is 3.46. The summed E-state index contributed by atoms with van der Waals surface area (Å²) in [6, 6.07) is 0. The molecule has 2 nitrogen and oxygen atoms in total. The van der Waals surface area contributed by atoms with Crippen molar-refractivity contribution in [2.24, 2.45) is 0 Å². The van der Waals surface area contributed by atoms with Crippen LogP contribution in [0.15, 0.2) is 0 Å². The fraction of sp³-hybridized carbons (Fsp3) is 0.500. The summed E-state index contributed by atoms with van der Waals surface area (Å²) in [4.78, 5) is 19.1. The summed E-state index contributed by atoms with van der Waals surface area (Å²) < 4.78 is 0. The van der Waals surface area contributed by atoms with Crippen molar-refractivity contribution in [3.63, 3.8) is 0 Å². The molecule has 0 aromatic heterocycles. The van der Waals surface area contributed by atoms with Crippen LogP contribution in [0, 0.1) is 0 Å². The molecule has 40 valence electrons. The van der Waals surface area contributed by atoms with E-state index in [1.165, 1.54) is 0 Å². The van der Waals surface area contributed by atoms with Gasteiger partial charge in [-0.3, -0.25) is 0 Å². The summed E-state index contributed by atoms with van der Waals surface area (Å²) >= 11 is 5.17. The van der Waals surface area contributed by atoms with Crippen molar-refractivity contribution >= 4 is 24.2 Å². The highest BCUT2D eigenvalue weighted by atomic mass is 35.5. The van der Waals surface area contributed by atoms with Gasteiger partial charge in [-0.25, -0.2) is 0 Å². The normalized spacial score (nSPS) is 12.7. The Morgan fingerprint density at radius 3 is 2.29 bits per heavy atom. The molecule has 0 rings (SSSR count). The lowest BCUT2D eigenvalue weighted by molar-refractivity contribution is -0.112. The molecule has 0 fully saturated rings. The smallest absolute Gasteiger partial charge is 0.138 e. The monoisotopic (exact) mass is 120 g/mol. The van der Waals surface area contributed by atoms with Crippen molar-refractivity contribution in [3.8, 4) is 0 Å². The van der Waals surface area contributed by atoms with Crippen molar-refractivity contribution in [3.05, 3.63) is 0 Å². The molecule has 0 aliphatic rings. The fourth-order valence-corrected chi connectivity index (χ4v) is 0.220. The molecule has 1 atom stereocenters. The average Bonchev–Trinajstić information content (AvgIpc) is 1.68. The number of carbonyl (C=O) groups excluding carboxylic acids is 2. The summed E-state index contributed by atoms with van der Waals surface area (Å²) in [7, 11) is 0. The summed E-state index contributed by atoms with van der Waals surface area (Å²) in [5.41, 5.74) is 0. The van der Waals surface area contributed by atoms with E-state index in [1.807, 2.05) is 0 Å². The van der Waals surface area contributed by atoms with Gasteiger partial charge in [-0.2, -0.15) is 0 Å². The van der Waals surface area contributed by atoms with Crippen LogP contribution in [0.5, 0.6) is 0 Å². The SMILES string of the molecule is O=CC[C@H](Cl)C=O. The maximum atomic E-state index is 9.60. The van der Waals surface area contributed by atoms with E-state index in [-0.39, 0.29) is 6.42 Å². The van der Waals surface area contributed by atoms with E-state index < -0.39 is 5.38 Å². The lowest BCUT2D eigenvalue weighted by Gasteiger charge is -1.86. The number of alkyl halides is 1. The Balaban J connectivity index is 3.15. The molecule has 3 heteroatoms. The second-order valence-corrected chi connectivity index (χ2v) is 1.62. The Morgan fingerprint density at radius 2 is 2.14 bits per heavy atom. The molecule has 0 spiro atoms. The Bertz CT molecular complexity index is 72.1. The van der Waals surface area contributed by atoms with Crippen LogP contribution in [0.25, 0.3) is 0 Å². The largest absolute Gasteiger partial charge is 0.303 e. The van der Waals surface area contributed by atoms with Crippen molar-refractivity contribution < 1.29 is 9.59 Å². The van der Waals surface area contributed by atoms with E-state index in [1.54, 1.807) is 0 Å². The maximum Gasteiger partial charge on any atom is 0.138 e. The summed E-state index contributed by atoms with van der Waals surface area (Å²) in [6.07, 6.45) is 1.27. The number of carbonyl (C=O) groups is 2. The third-order valence-electron chi connectivity index (χ3n) is 0.469. The highest BCUT2D eigenvalue weighted by Gasteiger charge is 1.96. The maximum absolute atomic E-state index is 9.60. The van der Waals surface area contributed by atoms with Crippen LogP contribution in [0.1, 0.15) is 6.42 Å². The summed E-state index contributed by atoms with van der Waals surface area (Å²) in [5.74, 6) is 0. The minimum Gasteiger partial charge on any atom is -0.303 e. The molecule has 0 amide bonds. The van der Waals surface area contributed by atoms with E-state index in [0.29, 0.717) is 12.6 Å². The Kier molecular flexibility index (Phi) is 3.61. The van der Waals surface area contributed by atoms with Gasteiger partial charge < -0.3 is 9.59 Å². The van der Waals surface area contributed by atoms with Crippen LogP contribution in [0.3, 0.4) is 0 Å².